The van der Waals surface area contributed by atoms with Crippen molar-refractivity contribution in [1.82, 2.24) is 20.2 Å². The number of aryl methyl sites for hydroxylation is 1. The molecule has 0 saturated heterocycles. The van der Waals surface area contributed by atoms with E-state index in [4.69, 9.17) is 0 Å². The van der Waals surface area contributed by atoms with Crippen LogP contribution in [0.1, 0.15) is 0 Å². The van der Waals surface area contributed by atoms with Crippen LogP contribution in [0.4, 0.5) is 0 Å². The molecule has 0 unspecified atom stereocenters. The first-order valence-corrected chi connectivity index (χ1v) is 5.02. The number of sulfone groups is 1. The molecule has 0 saturated carbocycles. The summed E-state index contributed by atoms with van der Waals surface area (Å²) in [6.07, 6.45) is 2.44. The Morgan fingerprint density at radius 2 is 2.27 bits per heavy atom. The van der Waals surface area contributed by atoms with Gasteiger partial charge in [-0.1, -0.05) is 0 Å². The third-order valence-electron chi connectivity index (χ3n) is 1.05. The van der Waals surface area contributed by atoms with E-state index in [2.05, 4.69) is 15.4 Å². The van der Waals surface area contributed by atoms with Gasteiger partial charge in [0, 0.05) is 6.26 Å². The van der Waals surface area contributed by atoms with E-state index in [0.717, 1.165) is 0 Å². The lowest BCUT2D eigenvalue weighted by Crippen LogP contribution is -2.13. The van der Waals surface area contributed by atoms with E-state index >= 15 is 0 Å². The van der Waals surface area contributed by atoms with Crippen molar-refractivity contribution < 1.29 is 8.42 Å². The average Bonchev–Trinajstić information content (AvgIpc) is 2.32. The van der Waals surface area contributed by atoms with Crippen LogP contribution >= 0.6 is 0 Å². The van der Waals surface area contributed by atoms with Gasteiger partial charge in [0.15, 0.2) is 6.33 Å². The molecule has 0 atom stereocenters. The maximum atomic E-state index is 10.6. The molecule has 0 aliphatic heterocycles. The maximum Gasteiger partial charge on any atom is 0.162 e. The van der Waals surface area contributed by atoms with Crippen LogP contribution in [-0.4, -0.2) is 40.6 Å². The number of aromatic nitrogens is 4. The Kier molecular flexibility index (Phi) is 2.18. The van der Waals surface area contributed by atoms with E-state index in [1.54, 1.807) is 0 Å². The van der Waals surface area contributed by atoms with Gasteiger partial charge in [-0.2, -0.15) is 4.80 Å². The normalized spacial score (nSPS) is 11.7. The molecular formula is C4H8N4O2S. The van der Waals surface area contributed by atoms with Crippen LogP contribution in [0.3, 0.4) is 0 Å². The Morgan fingerprint density at radius 1 is 1.55 bits per heavy atom. The van der Waals surface area contributed by atoms with Gasteiger partial charge in [0.25, 0.3) is 0 Å². The second kappa shape index (κ2) is 2.95. The van der Waals surface area contributed by atoms with Crippen LogP contribution in [0.15, 0.2) is 6.33 Å². The van der Waals surface area contributed by atoms with Crippen molar-refractivity contribution in [2.24, 2.45) is 0 Å². The third kappa shape index (κ3) is 3.08. The Morgan fingerprint density at radius 3 is 2.73 bits per heavy atom. The van der Waals surface area contributed by atoms with Crippen molar-refractivity contribution in [3.63, 3.8) is 0 Å². The Bertz CT molecular complexity index is 303. The molecule has 6 nitrogen and oxygen atoms in total. The van der Waals surface area contributed by atoms with Gasteiger partial charge in [-0.15, -0.1) is 10.2 Å². The Labute approximate surface area is 64.1 Å². The van der Waals surface area contributed by atoms with E-state index in [0.29, 0.717) is 0 Å². The molecule has 7 heteroatoms. The molecule has 1 aromatic heterocycles. The topological polar surface area (TPSA) is 77.7 Å². The summed E-state index contributed by atoms with van der Waals surface area (Å²) in [5.41, 5.74) is 0. The summed E-state index contributed by atoms with van der Waals surface area (Å²) >= 11 is 0. The maximum absolute atomic E-state index is 10.6. The highest BCUT2D eigenvalue weighted by Crippen LogP contribution is 1.84. The first kappa shape index (κ1) is 8.12. The number of hydrogen-bond acceptors (Lipinski definition) is 5. The van der Waals surface area contributed by atoms with Crippen molar-refractivity contribution in [1.29, 1.82) is 0 Å². The molecule has 0 radical (unpaired) electrons. The zero-order valence-electron chi connectivity index (χ0n) is 6.01. The zero-order chi connectivity index (χ0) is 8.32. The van der Waals surface area contributed by atoms with Gasteiger partial charge >= 0.3 is 0 Å². The monoisotopic (exact) mass is 176 g/mol. The van der Waals surface area contributed by atoms with Gasteiger partial charge in [0.1, 0.15) is 9.84 Å². The van der Waals surface area contributed by atoms with E-state index in [1.807, 2.05) is 0 Å². The lowest BCUT2D eigenvalue weighted by atomic mass is 10.8. The van der Waals surface area contributed by atoms with Crippen molar-refractivity contribution >= 4 is 9.84 Å². The minimum atomic E-state index is -2.93. The number of hydrogen-bond donors (Lipinski definition) is 0. The molecule has 0 aliphatic carbocycles. The van der Waals surface area contributed by atoms with E-state index in [1.165, 1.54) is 17.4 Å². The quantitative estimate of drug-likeness (QED) is 0.573. The minimum absolute atomic E-state index is 0.0450. The molecule has 1 heterocycles. The summed E-state index contributed by atoms with van der Waals surface area (Å²) in [7, 11) is -2.93. The van der Waals surface area contributed by atoms with Gasteiger partial charge in [-0.25, -0.2) is 8.42 Å². The molecule has 0 aliphatic rings. The summed E-state index contributed by atoms with van der Waals surface area (Å²) in [4.78, 5) is 1.24. The minimum Gasteiger partial charge on any atom is -0.229 e. The van der Waals surface area contributed by atoms with Crippen molar-refractivity contribution in [3.8, 4) is 0 Å². The van der Waals surface area contributed by atoms with E-state index in [-0.39, 0.29) is 12.3 Å². The van der Waals surface area contributed by atoms with Gasteiger partial charge in [0.05, 0.1) is 12.3 Å². The molecule has 0 aromatic carbocycles. The van der Waals surface area contributed by atoms with E-state index < -0.39 is 9.84 Å². The van der Waals surface area contributed by atoms with Gasteiger partial charge in [-0.05, 0) is 5.21 Å². The first-order valence-electron chi connectivity index (χ1n) is 2.96. The molecule has 1 aromatic rings. The molecule has 0 bridgehead atoms. The van der Waals surface area contributed by atoms with Crippen LogP contribution in [-0.2, 0) is 16.4 Å². The fourth-order valence-electron chi connectivity index (χ4n) is 0.538. The lowest BCUT2D eigenvalue weighted by molar-refractivity contribution is 0.539. The highest BCUT2D eigenvalue weighted by Gasteiger charge is 2.02. The zero-order valence-corrected chi connectivity index (χ0v) is 6.82. The molecule has 0 amide bonds. The average molecular weight is 176 g/mol. The Hall–Kier alpha value is -0.980. The SMILES string of the molecule is CS(=O)(=O)CCn1ncnn1. The van der Waals surface area contributed by atoms with Crippen molar-refractivity contribution in [2.75, 3.05) is 12.0 Å². The molecule has 0 spiro atoms. The molecule has 62 valence electrons. The molecule has 0 N–H and O–H groups in total. The number of tetrazole rings is 1. The Balaban J connectivity index is 2.48. The molecular weight excluding hydrogens is 168 g/mol. The summed E-state index contributed by atoms with van der Waals surface area (Å²) in [6.45, 7) is 0.263. The number of rotatable bonds is 3. The summed E-state index contributed by atoms with van der Waals surface area (Å²) in [6, 6.07) is 0. The van der Waals surface area contributed by atoms with Crippen LogP contribution in [0.5, 0.6) is 0 Å². The molecule has 0 fully saturated rings. The predicted octanol–water partition coefficient (Wildman–Crippen LogP) is -1.28. The molecule has 11 heavy (non-hydrogen) atoms. The third-order valence-corrected chi connectivity index (χ3v) is 1.98. The summed E-state index contributed by atoms with van der Waals surface area (Å²) in [5.74, 6) is 0.0450. The highest BCUT2D eigenvalue weighted by atomic mass is 32.2. The van der Waals surface area contributed by atoms with Crippen molar-refractivity contribution in [3.05, 3.63) is 6.33 Å². The second-order valence-corrected chi connectivity index (χ2v) is 4.42. The van der Waals surface area contributed by atoms with Crippen LogP contribution in [0.2, 0.25) is 0 Å². The summed E-state index contributed by atoms with van der Waals surface area (Å²) in [5, 5.41) is 10.6. The largest absolute Gasteiger partial charge is 0.229 e. The summed E-state index contributed by atoms with van der Waals surface area (Å²) < 4.78 is 21.3. The van der Waals surface area contributed by atoms with Gasteiger partial charge in [0.2, 0.25) is 0 Å². The number of nitrogens with zero attached hydrogens (tertiary/aromatic N) is 4. The van der Waals surface area contributed by atoms with Crippen LogP contribution < -0.4 is 0 Å². The lowest BCUT2D eigenvalue weighted by Gasteiger charge is -1.94. The second-order valence-electron chi connectivity index (χ2n) is 2.16. The fraction of sp³-hybridized carbons (Fsp3) is 0.750. The predicted molar refractivity (Wildman–Crippen MR) is 37.5 cm³/mol. The smallest absolute Gasteiger partial charge is 0.162 e. The first-order chi connectivity index (χ1) is 5.08. The fourth-order valence-corrected chi connectivity index (χ4v) is 1.03. The molecule has 1 rings (SSSR count). The van der Waals surface area contributed by atoms with Gasteiger partial charge in [-0.3, -0.25) is 0 Å². The van der Waals surface area contributed by atoms with Crippen LogP contribution in [0, 0.1) is 0 Å². The standard InChI is InChI=1S/C4H8N4O2S/c1-11(9,10)3-2-8-6-4-5-7-8/h4H,2-3H2,1H3. The highest BCUT2D eigenvalue weighted by molar-refractivity contribution is 7.90. The van der Waals surface area contributed by atoms with E-state index in [9.17, 15) is 8.42 Å². The van der Waals surface area contributed by atoms with Crippen LogP contribution in [0.25, 0.3) is 0 Å². The van der Waals surface area contributed by atoms with Gasteiger partial charge < -0.3 is 0 Å². The van der Waals surface area contributed by atoms with Crippen molar-refractivity contribution in [2.45, 2.75) is 6.54 Å².